The van der Waals surface area contributed by atoms with Crippen LogP contribution in [0.2, 0.25) is 0 Å². The van der Waals surface area contributed by atoms with Gasteiger partial charge in [-0.25, -0.2) is 0 Å². The van der Waals surface area contributed by atoms with Crippen LogP contribution in [0.15, 0.2) is 18.2 Å². The highest BCUT2D eigenvalue weighted by molar-refractivity contribution is 5.29. The molecule has 1 saturated heterocycles. The van der Waals surface area contributed by atoms with Crippen LogP contribution in [0.1, 0.15) is 43.4 Å². The molecule has 0 spiro atoms. The van der Waals surface area contributed by atoms with Gasteiger partial charge >= 0.3 is 0 Å². The van der Waals surface area contributed by atoms with E-state index < -0.39 is 0 Å². The second kappa shape index (κ2) is 7.24. The normalized spacial score (nSPS) is 19.2. The molecule has 2 rings (SSSR count). The van der Waals surface area contributed by atoms with Gasteiger partial charge in [-0.1, -0.05) is 32.0 Å². The van der Waals surface area contributed by atoms with E-state index in [2.05, 4.69) is 56.1 Å². The number of nitrogens with one attached hydrogen (secondary N) is 1. The summed E-state index contributed by atoms with van der Waals surface area (Å²) >= 11 is 0. The maximum absolute atomic E-state index is 3.62. The summed E-state index contributed by atoms with van der Waals surface area (Å²) in [4.78, 5) is 2.62. The van der Waals surface area contributed by atoms with Crippen molar-refractivity contribution in [1.29, 1.82) is 0 Å². The van der Waals surface area contributed by atoms with Crippen molar-refractivity contribution in [2.24, 2.45) is 5.92 Å². The smallest absolute Gasteiger partial charge is 0.0234 e. The molecular weight excluding hydrogens is 244 g/mol. The molecule has 112 valence electrons. The Hall–Kier alpha value is -0.860. The monoisotopic (exact) mass is 274 g/mol. The molecule has 0 bridgehead atoms. The number of hydrogen-bond acceptors (Lipinski definition) is 2. The molecule has 1 unspecified atom stereocenters. The summed E-state index contributed by atoms with van der Waals surface area (Å²) in [6.45, 7) is 13.7. The van der Waals surface area contributed by atoms with Gasteiger partial charge in [-0.3, -0.25) is 4.90 Å². The van der Waals surface area contributed by atoms with Gasteiger partial charge in [0.1, 0.15) is 0 Å². The van der Waals surface area contributed by atoms with E-state index in [4.69, 9.17) is 0 Å². The van der Waals surface area contributed by atoms with Crippen molar-refractivity contribution in [2.75, 3.05) is 19.6 Å². The molecule has 0 saturated carbocycles. The van der Waals surface area contributed by atoms with Crippen LogP contribution in [-0.2, 0) is 6.54 Å². The number of aryl methyl sites for hydroxylation is 2. The van der Waals surface area contributed by atoms with E-state index in [9.17, 15) is 0 Å². The Morgan fingerprint density at radius 1 is 1.25 bits per heavy atom. The minimum Gasteiger partial charge on any atom is -0.313 e. The lowest BCUT2D eigenvalue weighted by Crippen LogP contribution is -2.39. The zero-order valence-electron chi connectivity index (χ0n) is 13.6. The van der Waals surface area contributed by atoms with Gasteiger partial charge in [0.05, 0.1) is 0 Å². The summed E-state index contributed by atoms with van der Waals surface area (Å²) in [6, 6.07) is 7.59. The van der Waals surface area contributed by atoms with Crippen LogP contribution in [0.25, 0.3) is 0 Å². The Balaban J connectivity index is 1.99. The maximum Gasteiger partial charge on any atom is 0.0234 e. The molecule has 1 N–H and O–H groups in total. The predicted molar refractivity (Wildman–Crippen MR) is 87.1 cm³/mol. The molecule has 0 aromatic heterocycles. The van der Waals surface area contributed by atoms with E-state index in [0.29, 0.717) is 6.04 Å². The molecular formula is C18H30N2. The first kappa shape index (κ1) is 15.5. The fourth-order valence-corrected chi connectivity index (χ4v) is 3.10. The molecule has 1 aliphatic rings. The zero-order valence-corrected chi connectivity index (χ0v) is 13.6. The Kier molecular flexibility index (Phi) is 5.62. The van der Waals surface area contributed by atoms with Crippen molar-refractivity contribution in [3.8, 4) is 0 Å². The van der Waals surface area contributed by atoms with Crippen LogP contribution in [0, 0.1) is 19.8 Å². The van der Waals surface area contributed by atoms with Gasteiger partial charge in [0.2, 0.25) is 0 Å². The quantitative estimate of drug-likeness (QED) is 0.854. The predicted octanol–water partition coefficient (Wildman–Crippen LogP) is 3.51. The van der Waals surface area contributed by atoms with Crippen LogP contribution < -0.4 is 5.32 Å². The molecule has 1 fully saturated rings. The average molecular weight is 274 g/mol. The third-order valence-electron chi connectivity index (χ3n) is 4.24. The fourth-order valence-electron chi connectivity index (χ4n) is 3.10. The highest BCUT2D eigenvalue weighted by atomic mass is 15.2. The fraction of sp³-hybridized carbons (Fsp3) is 0.667. The summed E-state index contributed by atoms with van der Waals surface area (Å²) in [5.74, 6) is 0.725. The third kappa shape index (κ3) is 4.60. The van der Waals surface area contributed by atoms with Gasteiger partial charge in [-0.15, -0.1) is 0 Å². The van der Waals surface area contributed by atoms with Crippen molar-refractivity contribution in [1.82, 2.24) is 10.2 Å². The van der Waals surface area contributed by atoms with Crippen LogP contribution in [0.3, 0.4) is 0 Å². The van der Waals surface area contributed by atoms with Gasteiger partial charge in [-0.2, -0.15) is 0 Å². The van der Waals surface area contributed by atoms with Gasteiger partial charge in [-0.05, 0) is 55.8 Å². The first-order chi connectivity index (χ1) is 9.54. The van der Waals surface area contributed by atoms with Crippen molar-refractivity contribution >= 4 is 0 Å². The molecule has 0 amide bonds. The summed E-state index contributed by atoms with van der Waals surface area (Å²) in [5.41, 5.74) is 4.25. The second-order valence-electron chi connectivity index (χ2n) is 6.80. The third-order valence-corrected chi connectivity index (χ3v) is 4.24. The molecule has 20 heavy (non-hydrogen) atoms. The Bertz CT molecular complexity index is 419. The molecule has 0 aliphatic carbocycles. The second-order valence-corrected chi connectivity index (χ2v) is 6.80. The van der Waals surface area contributed by atoms with Crippen molar-refractivity contribution in [3.05, 3.63) is 34.9 Å². The number of hydrogen-bond donors (Lipinski definition) is 1. The standard InChI is InChI=1S/C18H30N2/c1-14(2)11-20(13-18-6-5-9-19-18)12-17-8-7-15(3)16(4)10-17/h7-8,10,14,18-19H,5-6,9,11-13H2,1-4H3. The summed E-state index contributed by atoms with van der Waals surface area (Å²) in [7, 11) is 0. The summed E-state index contributed by atoms with van der Waals surface area (Å²) in [5, 5.41) is 3.62. The molecule has 1 heterocycles. The summed E-state index contributed by atoms with van der Waals surface area (Å²) < 4.78 is 0. The lowest BCUT2D eigenvalue weighted by molar-refractivity contribution is 0.216. The van der Waals surface area contributed by atoms with E-state index >= 15 is 0 Å². The molecule has 1 atom stereocenters. The van der Waals surface area contributed by atoms with Crippen molar-refractivity contribution in [3.63, 3.8) is 0 Å². The van der Waals surface area contributed by atoms with E-state index in [1.807, 2.05) is 0 Å². The number of nitrogens with zero attached hydrogens (tertiary/aromatic N) is 1. The van der Waals surface area contributed by atoms with Gasteiger partial charge in [0.15, 0.2) is 0 Å². The van der Waals surface area contributed by atoms with Crippen LogP contribution in [0.4, 0.5) is 0 Å². The molecule has 1 aliphatic heterocycles. The largest absolute Gasteiger partial charge is 0.313 e. The Labute approximate surface area is 124 Å². The Morgan fingerprint density at radius 2 is 2.05 bits per heavy atom. The minimum absolute atomic E-state index is 0.695. The van der Waals surface area contributed by atoms with Gasteiger partial charge in [0.25, 0.3) is 0 Å². The highest BCUT2D eigenvalue weighted by Crippen LogP contribution is 2.15. The Morgan fingerprint density at radius 3 is 2.65 bits per heavy atom. The van der Waals surface area contributed by atoms with E-state index in [1.165, 1.54) is 49.2 Å². The average Bonchev–Trinajstić information content (AvgIpc) is 2.86. The molecule has 1 aromatic carbocycles. The first-order valence-electron chi connectivity index (χ1n) is 8.06. The molecule has 2 heteroatoms. The topological polar surface area (TPSA) is 15.3 Å². The van der Waals surface area contributed by atoms with Gasteiger partial charge in [0, 0.05) is 25.7 Å². The molecule has 2 nitrogen and oxygen atoms in total. The van der Waals surface area contributed by atoms with E-state index in [0.717, 1.165) is 12.5 Å². The zero-order chi connectivity index (χ0) is 14.5. The maximum atomic E-state index is 3.62. The SMILES string of the molecule is Cc1ccc(CN(CC(C)C)CC2CCCN2)cc1C. The van der Waals surface area contributed by atoms with Crippen LogP contribution in [0.5, 0.6) is 0 Å². The molecule has 0 radical (unpaired) electrons. The summed E-state index contributed by atoms with van der Waals surface area (Å²) in [6.07, 6.45) is 2.67. The van der Waals surface area contributed by atoms with Gasteiger partial charge < -0.3 is 5.32 Å². The lowest BCUT2D eigenvalue weighted by atomic mass is 10.1. The van der Waals surface area contributed by atoms with E-state index in [1.54, 1.807) is 0 Å². The van der Waals surface area contributed by atoms with Crippen molar-refractivity contribution in [2.45, 2.75) is 53.1 Å². The molecule has 1 aromatic rings. The van der Waals surface area contributed by atoms with Crippen molar-refractivity contribution < 1.29 is 0 Å². The highest BCUT2D eigenvalue weighted by Gasteiger charge is 2.18. The first-order valence-corrected chi connectivity index (χ1v) is 8.06. The van der Waals surface area contributed by atoms with Crippen LogP contribution >= 0.6 is 0 Å². The number of benzene rings is 1. The lowest BCUT2D eigenvalue weighted by Gasteiger charge is -2.27. The minimum atomic E-state index is 0.695. The van der Waals surface area contributed by atoms with E-state index in [-0.39, 0.29) is 0 Å². The number of rotatable bonds is 6. The van der Waals surface area contributed by atoms with Crippen LogP contribution in [-0.4, -0.2) is 30.6 Å².